The van der Waals surface area contributed by atoms with Crippen molar-refractivity contribution in [3.8, 4) is 0 Å². The highest BCUT2D eigenvalue weighted by Crippen LogP contribution is 2.20. The first-order valence-corrected chi connectivity index (χ1v) is 11.6. The van der Waals surface area contributed by atoms with Gasteiger partial charge < -0.3 is 0 Å². The third-order valence-electron chi connectivity index (χ3n) is 4.27. The highest BCUT2D eigenvalue weighted by atomic mass is 32.1. The SMILES string of the molecule is CCCCc1nnc(NC(=O)c2ccc(C(=O)Nc3nnc(CCCC)s3)cc2)s1. The Morgan fingerprint density at radius 2 is 1.13 bits per heavy atom. The number of unbranched alkanes of at least 4 members (excludes halogenated alkanes) is 2. The fourth-order valence-corrected chi connectivity index (χ4v) is 4.13. The predicted octanol–water partition coefficient (Wildman–Crippen LogP) is 4.58. The molecule has 0 radical (unpaired) electrons. The number of hydrogen-bond donors (Lipinski definition) is 2. The lowest BCUT2D eigenvalue weighted by Gasteiger charge is -2.04. The van der Waals surface area contributed by atoms with E-state index in [0.717, 1.165) is 48.5 Å². The lowest BCUT2D eigenvalue weighted by atomic mass is 10.1. The van der Waals surface area contributed by atoms with Crippen LogP contribution in [0.1, 0.15) is 70.3 Å². The molecule has 10 heteroatoms. The zero-order valence-electron chi connectivity index (χ0n) is 17.0. The lowest BCUT2D eigenvalue weighted by Crippen LogP contribution is -2.14. The Morgan fingerprint density at radius 3 is 1.50 bits per heavy atom. The molecular weight excluding hydrogens is 420 g/mol. The van der Waals surface area contributed by atoms with Crippen molar-refractivity contribution in [1.82, 2.24) is 20.4 Å². The minimum absolute atomic E-state index is 0.287. The zero-order chi connectivity index (χ0) is 21.3. The van der Waals surface area contributed by atoms with Gasteiger partial charge in [-0.1, -0.05) is 49.4 Å². The number of benzene rings is 1. The van der Waals surface area contributed by atoms with Crippen molar-refractivity contribution in [2.75, 3.05) is 10.6 Å². The number of nitrogens with zero attached hydrogens (tertiary/aromatic N) is 4. The van der Waals surface area contributed by atoms with Crippen LogP contribution in [-0.4, -0.2) is 32.2 Å². The molecule has 158 valence electrons. The molecule has 3 rings (SSSR count). The van der Waals surface area contributed by atoms with Gasteiger partial charge in [0.05, 0.1) is 0 Å². The van der Waals surface area contributed by atoms with Gasteiger partial charge in [0.1, 0.15) is 10.0 Å². The van der Waals surface area contributed by atoms with Gasteiger partial charge in [0.2, 0.25) is 10.3 Å². The van der Waals surface area contributed by atoms with Gasteiger partial charge in [0.15, 0.2) is 0 Å². The number of carbonyl (C=O) groups is 2. The minimum Gasteiger partial charge on any atom is -0.296 e. The standard InChI is InChI=1S/C20H24N6O2S2/c1-3-5-7-15-23-25-19(29-15)21-17(27)13-9-11-14(12-10-13)18(28)22-20-26-24-16(30-20)8-6-4-2/h9-12H,3-8H2,1-2H3,(H,21,25,27)(H,22,26,28). The van der Waals surface area contributed by atoms with Gasteiger partial charge in [0, 0.05) is 24.0 Å². The molecule has 0 bridgehead atoms. The van der Waals surface area contributed by atoms with E-state index >= 15 is 0 Å². The second-order valence-corrected chi connectivity index (χ2v) is 8.82. The molecule has 0 saturated carbocycles. The molecule has 0 fully saturated rings. The molecule has 0 spiro atoms. The van der Waals surface area contributed by atoms with Crippen LogP contribution in [0.25, 0.3) is 0 Å². The van der Waals surface area contributed by atoms with Gasteiger partial charge >= 0.3 is 0 Å². The Labute approximate surface area is 183 Å². The van der Waals surface area contributed by atoms with Crippen LogP contribution in [0.4, 0.5) is 10.3 Å². The molecule has 3 aromatic rings. The summed E-state index contributed by atoms with van der Waals surface area (Å²) in [6, 6.07) is 6.43. The molecule has 0 saturated heterocycles. The molecular formula is C20H24N6O2S2. The van der Waals surface area contributed by atoms with Crippen LogP contribution in [0.15, 0.2) is 24.3 Å². The highest BCUT2D eigenvalue weighted by Gasteiger charge is 2.13. The van der Waals surface area contributed by atoms with Gasteiger partial charge in [-0.15, -0.1) is 20.4 Å². The van der Waals surface area contributed by atoms with Crippen molar-refractivity contribution < 1.29 is 9.59 Å². The third-order valence-corrected chi connectivity index (χ3v) is 6.07. The largest absolute Gasteiger partial charge is 0.296 e. The average molecular weight is 445 g/mol. The Morgan fingerprint density at radius 1 is 0.733 bits per heavy atom. The Kier molecular flexibility index (Phi) is 7.97. The van der Waals surface area contributed by atoms with Crippen molar-refractivity contribution in [2.45, 2.75) is 52.4 Å². The monoisotopic (exact) mass is 444 g/mol. The van der Waals surface area contributed by atoms with Crippen LogP contribution < -0.4 is 10.6 Å². The maximum absolute atomic E-state index is 12.4. The smallest absolute Gasteiger partial charge is 0.257 e. The van der Waals surface area contributed by atoms with Gasteiger partial charge in [-0.3, -0.25) is 20.2 Å². The first-order valence-electron chi connectivity index (χ1n) is 9.96. The Hall–Kier alpha value is -2.72. The van der Waals surface area contributed by atoms with Crippen molar-refractivity contribution in [3.63, 3.8) is 0 Å². The zero-order valence-corrected chi connectivity index (χ0v) is 18.6. The lowest BCUT2D eigenvalue weighted by molar-refractivity contribution is 0.101. The van der Waals surface area contributed by atoms with Crippen LogP contribution in [0.5, 0.6) is 0 Å². The second-order valence-electron chi connectivity index (χ2n) is 6.69. The summed E-state index contributed by atoms with van der Waals surface area (Å²) in [7, 11) is 0. The van der Waals surface area contributed by atoms with Crippen molar-refractivity contribution in [3.05, 3.63) is 45.4 Å². The van der Waals surface area contributed by atoms with Crippen LogP contribution in [0.3, 0.4) is 0 Å². The molecule has 0 aliphatic heterocycles. The average Bonchev–Trinajstić information content (AvgIpc) is 3.40. The van der Waals surface area contributed by atoms with Crippen molar-refractivity contribution in [1.29, 1.82) is 0 Å². The molecule has 0 aliphatic carbocycles. The fraction of sp³-hybridized carbons (Fsp3) is 0.400. The molecule has 0 aliphatic rings. The van der Waals surface area contributed by atoms with Crippen molar-refractivity contribution >= 4 is 44.8 Å². The number of aromatic nitrogens is 4. The maximum atomic E-state index is 12.4. The number of carbonyl (C=O) groups excluding carboxylic acids is 2. The number of amides is 2. The normalized spacial score (nSPS) is 10.7. The molecule has 8 nitrogen and oxygen atoms in total. The summed E-state index contributed by atoms with van der Waals surface area (Å²) in [5, 5.41) is 24.5. The van der Waals surface area contributed by atoms with Gasteiger partial charge in [-0.25, -0.2) is 0 Å². The second kappa shape index (κ2) is 10.9. The van der Waals surface area contributed by atoms with E-state index in [1.54, 1.807) is 24.3 Å². The fourth-order valence-electron chi connectivity index (χ4n) is 2.58. The van der Waals surface area contributed by atoms with E-state index in [0.29, 0.717) is 21.4 Å². The maximum Gasteiger partial charge on any atom is 0.257 e. The van der Waals surface area contributed by atoms with E-state index in [1.165, 1.54) is 22.7 Å². The van der Waals surface area contributed by atoms with Gasteiger partial charge in [-0.2, -0.15) is 0 Å². The van der Waals surface area contributed by atoms with Crippen LogP contribution in [0.2, 0.25) is 0 Å². The van der Waals surface area contributed by atoms with E-state index in [4.69, 9.17) is 0 Å². The molecule has 2 aromatic heterocycles. The number of rotatable bonds is 10. The highest BCUT2D eigenvalue weighted by molar-refractivity contribution is 7.15. The summed E-state index contributed by atoms with van der Waals surface area (Å²) < 4.78 is 0. The Balaban J connectivity index is 1.55. The molecule has 0 unspecified atom stereocenters. The van der Waals surface area contributed by atoms with E-state index in [9.17, 15) is 9.59 Å². The number of aryl methyl sites for hydroxylation is 2. The number of anilines is 2. The van der Waals surface area contributed by atoms with Crippen LogP contribution in [0, 0.1) is 0 Å². The molecule has 2 N–H and O–H groups in total. The molecule has 1 aromatic carbocycles. The van der Waals surface area contributed by atoms with E-state index in [2.05, 4.69) is 44.9 Å². The minimum atomic E-state index is -0.287. The number of hydrogen-bond acceptors (Lipinski definition) is 8. The van der Waals surface area contributed by atoms with E-state index in [1.807, 2.05) is 0 Å². The first kappa shape index (κ1) is 22.0. The van der Waals surface area contributed by atoms with E-state index < -0.39 is 0 Å². The quantitative estimate of drug-likeness (QED) is 0.474. The Bertz CT molecular complexity index is 904. The summed E-state index contributed by atoms with van der Waals surface area (Å²) in [6.07, 6.45) is 5.98. The first-order chi connectivity index (χ1) is 14.6. The van der Waals surface area contributed by atoms with Gasteiger partial charge in [0.25, 0.3) is 11.8 Å². The molecule has 0 atom stereocenters. The summed E-state index contributed by atoms with van der Waals surface area (Å²) in [5.74, 6) is -0.574. The van der Waals surface area contributed by atoms with Crippen molar-refractivity contribution in [2.24, 2.45) is 0 Å². The molecule has 2 heterocycles. The van der Waals surface area contributed by atoms with Crippen LogP contribution in [-0.2, 0) is 12.8 Å². The third kappa shape index (κ3) is 6.14. The molecule has 2 amide bonds. The predicted molar refractivity (Wildman–Crippen MR) is 119 cm³/mol. The van der Waals surface area contributed by atoms with Crippen LogP contribution >= 0.6 is 22.7 Å². The topological polar surface area (TPSA) is 110 Å². The summed E-state index contributed by atoms with van der Waals surface area (Å²) >= 11 is 2.76. The molecule has 30 heavy (non-hydrogen) atoms. The van der Waals surface area contributed by atoms with E-state index in [-0.39, 0.29) is 11.8 Å². The summed E-state index contributed by atoms with van der Waals surface area (Å²) in [6.45, 7) is 4.23. The van der Waals surface area contributed by atoms with Gasteiger partial charge in [-0.05, 0) is 37.1 Å². The summed E-state index contributed by atoms with van der Waals surface area (Å²) in [4.78, 5) is 24.8. The summed E-state index contributed by atoms with van der Waals surface area (Å²) in [5.41, 5.74) is 0.879. The number of nitrogens with one attached hydrogen (secondary N) is 2.